The molecule has 1 spiro atoms. The summed E-state index contributed by atoms with van der Waals surface area (Å²) in [6, 6.07) is 7.68. The van der Waals surface area contributed by atoms with Crippen molar-refractivity contribution in [3.8, 4) is 0 Å². The van der Waals surface area contributed by atoms with Crippen LogP contribution in [0.1, 0.15) is 31.2 Å². The van der Waals surface area contributed by atoms with Crippen LogP contribution in [-0.4, -0.2) is 35.2 Å². The topological polar surface area (TPSA) is 55.8 Å². The number of benzene rings is 1. The van der Waals surface area contributed by atoms with Gasteiger partial charge in [0.15, 0.2) is 5.72 Å². The summed E-state index contributed by atoms with van der Waals surface area (Å²) in [5.41, 5.74) is 0.205. The number of rotatable bonds is 3. The minimum Gasteiger partial charge on any atom is -0.460 e. The van der Waals surface area contributed by atoms with Crippen molar-refractivity contribution >= 4 is 27.8 Å². The standard InChI is InChI=1S/C17H18BrNO4/c18-12-5-3-11(4-6-12)10-22-16(21)13-9-14-15(20)19-8-2-1-7-17(13,19)23-14/h3-6,13-14H,1-2,7-10H2/t13-,14-,17+/m1/s1. The number of esters is 1. The summed E-state index contributed by atoms with van der Waals surface area (Å²) in [7, 11) is 0. The van der Waals surface area contributed by atoms with Crippen molar-refractivity contribution in [2.24, 2.45) is 5.92 Å². The van der Waals surface area contributed by atoms with Crippen LogP contribution in [0.3, 0.4) is 0 Å². The Kier molecular flexibility index (Phi) is 3.69. The smallest absolute Gasteiger partial charge is 0.314 e. The Labute approximate surface area is 143 Å². The Bertz CT molecular complexity index is 646. The predicted molar refractivity (Wildman–Crippen MR) is 85.2 cm³/mol. The van der Waals surface area contributed by atoms with E-state index in [1.165, 1.54) is 0 Å². The van der Waals surface area contributed by atoms with Crippen LogP contribution in [0, 0.1) is 5.92 Å². The minimum atomic E-state index is -0.739. The van der Waals surface area contributed by atoms with Gasteiger partial charge in [0.2, 0.25) is 0 Å². The number of piperidine rings is 2. The highest BCUT2D eigenvalue weighted by molar-refractivity contribution is 9.10. The fourth-order valence-corrected chi connectivity index (χ4v) is 4.23. The van der Waals surface area contributed by atoms with Crippen molar-refractivity contribution in [2.75, 3.05) is 6.54 Å². The number of hydrogen-bond acceptors (Lipinski definition) is 4. The molecule has 2 bridgehead atoms. The lowest BCUT2D eigenvalue weighted by atomic mass is 9.82. The molecule has 0 saturated carbocycles. The summed E-state index contributed by atoms with van der Waals surface area (Å²) in [6.45, 7) is 0.934. The zero-order valence-electron chi connectivity index (χ0n) is 12.7. The van der Waals surface area contributed by atoms with E-state index in [0.717, 1.165) is 29.3 Å². The van der Waals surface area contributed by atoms with Crippen LogP contribution in [0.5, 0.6) is 0 Å². The van der Waals surface area contributed by atoms with Gasteiger partial charge in [-0.05, 0) is 37.0 Å². The van der Waals surface area contributed by atoms with Gasteiger partial charge in [-0.1, -0.05) is 28.1 Å². The molecule has 3 atom stereocenters. The second-order valence-electron chi connectivity index (χ2n) is 6.42. The zero-order chi connectivity index (χ0) is 16.0. The first-order chi connectivity index (χ1) is 11.1. The van der Waals surface area contributed by atoms with Crippen LogP contribution < -0.4 is 0 Å². The third-order valence-corrected chi connectivity index (χ3v) is 5.61. The van der Waals surface area contributed by atoms with E-state index in [1.54, 1.807) is 4.90 Å². The van der Waals surface area contributed by atoms with Crippen LogP contribution in [0.15, 0.2) is 28.7 Å². The molecule has 4 rings (SSSR count). The number of halogens is 1. The Balaban J connectivity index is 1.46. The molecule has 3 fully saturated rings. The lowest BCUT2D eigenvalue weighted by Gasteiger charge is -2.43. The number of nitrogens with zero attached hydrogens (tertiary/aromatic N) is 1. The molecule has 0 N–H and O–H groups in total. The molecule has 0 aliphatic carbocycles. The third kappa shape index (κ3) is 2.39. The van der Waals surface area contributed by atoms with Gasteiger partial charge in [-0.3, -0.25) is 9.59 Å². The van der Waals surface area contributed by atoms with Crippen molar-refractivity contribution in [2.45, 2.75) is 44.1 Å². The highest BCUT2D eigenvalue weighted by Crippen LogP contribution is 2.51. The van der Waals surface area contributed by atoms with E-state index in [0.29, 0.717) is 13.0 Å². The molecule has 0 aromatic heterocycles. The van der Waals surface area contributed by atoms with Crippen molar-refractivity contribution in [1.29, 1.82) is 0 Å². The van der Waals surface area contributed by atoms with Crippen molar-refractivity contribution in [3.05, 3.63) is 34.3 Å². The second-order valence-corrected chi connectivity index (χ2v) is 7.34. The largest absolute Gasteiger partial charge is 0.460 e. The Morgan fingerprint density at radius 3 is 2.91 bits per heavy atom. The van der Waals surface area contributed by atoms with Crippen LogP contribution in [-0.2, 0) is 25.7 Å². The van der Waals surface area contributed by atoms with E-state index in [1.807, 2.05) is 24.3 Å². The monoisotopic (exact) mass is 379 g/mol. The molecule has 0 unspecified atom stereocenters. The molecule has 23 heavy (non-hydrogen) atoms. The first kappa shape index (κ1) is 15.1. The van der Waals surface area contributed by atoms with Crippen molar-refractivity contribution in [1.82, 2.24) is 4.90 Å². The van der Waals surface area contributed by atoms with Gasteiger partial charge in [0, 0.05) is 17.4 Å². The molecule has 6 heteroatoms. The molecule has 122 valence electrons. The Morgan fingerprint density at radius 1 is 1.35 bits per heavy atom. The zero-order valence-corrected chi connectivity index (χ0v) is 14.3. The van der Waals surface area contributed by atoms with Gasteiger partial charge in [0.05, 0.1) is 0 Å². The molecule has 3 aliphatic rings. The number of fused-ring (bicyclic) bond motifs is 1. The van der Waals surface area contributed by atoms with E-state index >= 15 is 0 Å². The molecular weight excluding hydrogens is 362 g/mol. The maximum absolute atomic E-state index is 12.6. The molecular formula is C17H18BrNO4. The highest BCUT2D eigenvalue weighted by Gasteiger charge is 2.65. The van der Waals surface area contributed by atoms with E-state index in [4.69, 9.17) is 9.47 Å². The van der Waals surface area contributed by atoms with Gasteiger partial charge in [-0.15, -0.1) is 0 Å². The number of amides is 1. The lowest BCUT2D eigenvalue weighted by molar-refractivity contribution is -0.173. The first-order valence-corrected chi connectivity index (χ1v) is 8.80. The molecule has 5 nitrogen and oxygen atoms in total. The summed E-state index contributed by atoms with van der Waals surface area (Å²) >= 11 is 3.38. The first-order valence-electron chi connectivity index (χ1n) is 8.00. The maximum atomic E-state index is 12.6. The summed E-state index contributed by atoms with van der Waals surface area (Å²) in [6.07, 6.45) is 2.68. The summed E-state index contributed by atoms with van der Waals surface area (Å²) in [5.74, 6) is -0.572. The average molecular weight is 380 g/mol. The number of carbonyl (C=O) groups excluding carboxylic acids is 2. The van der Waals surface area contributed by atoms with Crippen molar-refractivity contribution in [3.63, 3.8) is 0 Å². The quantitative estimate of drug-likeness (QED) is 0.757. The van der Waals surface area contributed by atoms with Crippen LogP contribution in [0.2, 0.25) is 0 Å². The lowest BCUT2D eigenvalue weighted by Crippen LogP contribution is -2.58. The Morgan fingerprint density at radius 2 is 2.13 bits per heavy atom. The van der Waals surface area contributed by atoms with E-state index in [9.17, 15) is 9.59 Å². The highest BCUT2D eigenvalue weighted by atomic mass is 79.9. The normalized spacial score (nSPS) is 32.0. The minimum absolute atomic E-state index is 0.0432. The molecule has 1 aromatic carbocycles. The SMILES string of the molecule is O=C(OCc1ccc(Br)cc1)[C@H]1C[C@H]2O[C@@]13CCCCN3C2=O. The van der Waals surface area contributed by atoms with Crippen molar-refractivity contribution < 1.29 is 19.1 Å². The van der Waals surface area contributed by atoms with Gasteiger partial charge < -0.3 is 14.4 Å². The van der Waals surface area contributed by atoms with Gasteiger partial charge in [0.1, 0.15) is 18.6 Å². The van der Waals surface area contributed by atoms with Gasteiger partial charge >= 0.3 is 5.97 Å². The van der Waals surface area contributed by atoms with Crippen LogP contribution >= 0.6 is 15.9 Å². The van der Waals surface area contributed by atoms with Gasteiger partial charge in [-0.2, -0.15) is 0 Å². The number of carbonyl (C=O) groups is 2. The summed E-state index contributed by atoms with van der Waals surface area (Å²) in [5, 5.41) is 0. The number of ether oxygens (including phenoxy) is 2. The Hall–Kier alpha value is -1.40. The van der Waals surface area contributed by atoms with E-state index < -0.39 is 11.8 Å². The third-order valence-electron chi connectivity index (χ3n) is 5.08. The predicted octanol–water partition coefficient (Wildman–Crippen LogP) is 2.62. The van der Waals surface area contributed by atoms with Crippen LogP contribution in [0.25, 0.3) is 0 Å². The molecule has 1 aromatic rings. The molecule has 3 saturated heterocycles. The van der Waals surface area contributed by atoms with Gasteiger partial charge in [0.25, 0.3) is 5.91 Å². The molecule has 3 aliphatic heterocycles. The maximum Gasteiger partial charge on any atom is 0.314 e. The average Bonchev–Trinajstić information content (AvgIpc) is 3.06. The summed E-state index contributed by atoms with van der Waals surface area (Å²) in [4.78, 5) is 26.6. The fraction of sp³-hybridized carbons (Fsp3) is 0.529. The second kappa shape index (κ2) is 5.60. The van der Waals surface area contributed by atoms with E-state index in [-0.39, 0.29) is 24.4 Å². The fourth-order valence-electron chi connectivity index (χ4n) is 3.97. The summed E-state index contributed by atoms with van der Waals surface area (Å²) < 4.78 is 12.4. The molecule has 3 heterocycles. The number of hydrogen-bond donors (Lipinski definition) is 0. The van der Waals surface area contributed by atoms with Gasteiger partial charge in [-0.25, -0.2) is 0 Å². The molecule has 1 amide bonds. The molecule has 0 radical (unpaired) electrons. The van der Waals surface area contributed by atoms with E-state index in [2.05, 4.69) is 15.9 Å². The van der Waals surface area contributed by atoms with Crippen LogP contribution in [0.4, 0.5) is 0 Å².